The van der Waals surface area contributed by atoms with E-state index in [2.05, 4.69) is 187 Å². The summed E-state index contributed by atoms with van der Waals surface area (Å²) < 4.78 is 0. The van der Waals surface area contributed by atoms with E-state index in [0.29, 0.717) is 0 Å². The maximum absolute atomic E-state index is 2.41. The first-order valence-electron chi connectivity index (χ1n) is 37.3. The van der Waals surface area contributed by atoms with E-state index in [1.165, 1.54) is 245 Å². The van der Waals surface area contributed by atoms with Crippen molar-refractivity contribution < 1.29 is 0 Å². The maximum atomic E-state index is 2.41. The van der Waals surface area contributed by atoms with Gasteiger partial charge in [0.15, 0.2) is 0 Å². The standard InChI is InChI=1S/C30H42.C29H40.C28H38/c1-3-4-5-6-24-9-13-26(14-10-24)28-17-21-30(22-18-28)29-19-15-27(16-20-29)25-11-7-23(2)8-12-25;1-3-4-5-23-8-12-25(13-9-23)27-16-20-29(21-17-27)28-18-14-26(15-19-28)24-10-6-22(2)7-11-24;1-3-4-22-7-11-24(12-8-22)26-15-19-28(20-16-26)27-17-13-25(14-18-27)23-9-5-21(2)6-10-23/h15-26H,3-14H2,1-2H3;14-25H,3-13H2,1-2H3;13-24H,3-12H2,1-2H3. The first kappa shape index (κ1) is 65.3. The molecule has 6 aromatic carbocycles. The van der Waals surface area contributed by atoms with Crippen LogP contribution in [0.15, 0.2) is 146 Å². The molecule has 0 heterocycles. The Kier molecular flexibility index (Phi) is 25.5. The van der Waals surface area contributed by atoms with Gasteiger partial charge in [0.1, 0.15) is 0 Å². The summed E-state index contributed by atoms with van der Waals surface area (Å²) >= 11 is 0. The molecule has 6 aliphatic carbocycles. The molecule has 6 saturated carbocycles. The highest BCUT2D eigenvalue weighted by Crippen LogP contribution is 2.44. The first-order valence-corrected chi connectivity index (χ1v) is 37.3. The lowest BCUT2D eigenvalue weighted by Crippen LogP contribution is -2.13. The SMILES string of the molecule is CCCC1CCC(c2ccc(-c3ccc(C4CCC(C)CC4)cc3)cc2)CC1.CCCCC1CCC(c2ccc(-c3ccc(C4CCC(C)CC4)cc3)cc2)CC1.CCCCCC1CCC(c2ccc(-c3ccc(C4CCC(C)CC4)cc3)cc2)CC1. The van der Waals surface area contributed by atoms with Crippen LogP contribution in [-0.4, -0.2) is 0 Å². The molecular formula is C87H120. The fraction of sp³-hybridized carbons (Fsp3) is 0.586. The molecule has 12 rings (SSSR count). The highest BCUT2D eigenvalue weighted by atomic mass is 14.3. The lowest BCUT2D eigenvalue weighted by Gasteiger charge is -2.29. The van der Waals surface area contributed by atoms with E-state index in [1.807, 2.05) is 0 Å². The molecule has 6 aromatic rings. The molecule has 0 atom stereocenters. The minimum atomic E-state index is 0.787. The summed E-state index contributed by atoms with van der Waals surface area (Å²) in [6.45, 7) is 14.2. The fourth-order valence-corrected chi connectivity index (χ4v) is 17.4. The number of hydrogen-bond acceptors (Lipinski definition) is 0. The predicted molar refractivity (Wildman–Crippen MR) is 379 cm³/mol. The quantitative estimate of drug-likeness (QED) is 0.0753. The minimum absolute atomic E-state index is 0.787. The molecule has 6 fully saturated rings. The highest BCUT2D eigenvalue weighted by molar-refractivity contribution is 5.66. The van der Waals surface area contributed by atoms with Crippen molar-refractivity contribution in [1.29, 1.82) is 0 Å². The van der Waals surface area contributed by atoms with Gasteiger partial charge in [-0.15, -0.1) is 0 Å². The molecule has 0 spiro atoms. The van der Waals surface area contributed by atoms with Crippen LogP contribution in [-0.2, 0) is 0 Å². The van der Waals surface area contributed by atoms with Crippen LogP contribution >= 0.6 is 0 Å². The Hall–Kier alpha value is -4.68. The Morgan fingerprint density at radius 3 is 0.609 bits per heavy atom. The van der Waals surface area contributed by atoms with Gasteiger partial charge in [-0.05, 0) is 253 Å². The zero-order valence-electron chi connectivity index (χ0n) is 56.1. The molecule has 0 N–H and O–H groups in total. The van der Waals surface area contributed by atoms with Crippen LogP contribution in [0.1, 0.15) is 322 Å². The van der Waals surface area contributed by atoms with Gasteiger partial charge in [0, 0.05) is 0 Å². The van der Waals surface area contributed by atoms with Crippen molar-refractivity contribution in [2.45, 2.75) is 289 Å². The Labute approximate surface area is 533 Å². The van der Waals surface area contributed by atoms with Gasteiger partial charge in [0.05, 0.1) is 0 Å². The van der Waals surface area contributed by atoms with Crippen molar-refractivity contribution in [3.63, 3.8) is 0 Å². The van der Waals surface area contributed by atoms with Gasteiger partial charge in [-0.25, -0.2) is 0 Å². The second-order valence-corrected chi connectivity index (χ2v) is 30.2. The van der Waals surface area contributed by atoms with Gasteiger partial charge in [-0.1, -0.05) is 283 Å². The van der Waals surface area contributed by atoms with Gasteiger partial charge >= 0.3 is 0 Å². The topological polar surface area (TPSA) is 0 Å². The van der Waals surface area contributed by atoms with Gasteiger partial charge in [-0.3, -0.25) is 0 Å². The van der Waals surface area contributed by atoms with Crippen molar-refractivity contribution in [2.75, 3.05) is 0 Å². The maximum Gasteiger partial charge on any atom is -0.0162 e. The Bertz CT molecular complexity index is 2800. The number of hydrogen-bond donors (Lipinski definition) is 0. The summed E-state index contributed by atoms with van der Waals surface area (Å²) in [5.41, 5.74) is 17.6. The molecule has 0 unspecified atom stereocenters. The van der Waals surface area contributed by atoms with Gasteiger partial charge in [0.2, 0.25) is 0 Å². The number of rotatable bonds is 18. The zero-order valence-corrected chi connectivity index (χ0v) is 56.1. The largest absolute Gasteiger partial charge is 0.0654 e. The van der Waals surface area contributed by atoms with Crippen LogP contribution < -0.4 is 0 Å². The zero-order chi connectivity index (χ0) is 60.2. The normalized spacial score (nSPS) is 27.7. The van der Waals surface area contributed by atoms with Crippen LogP contribution in [0.2, 0.25) is 0 Å². The van der Waals surface area contributed by atoms with Crippen molar-refractivity contribution in [3.05, 3.63) is 179 Å². The molecule has 0 aliphatic heterocycles. The van der Waals surface area contributed by atoms with Gasteiger partial charge in [0.25, 0.3) is 0 Å². The Morgan fingerprint density at radius 2 is 0.402 bits per heavy atom. The number of unbranched alkanes of at least 4 members (excludes halogenated alkanes) is 3. The van der Waals surface area contributed by atoms with E-state index in [4.69, 9.17) is 0 Å². The summed E-state index contributed by atoms with van der Waals surface area (Å²) in [6.07, 6.45) is 46.3. The third-order valence-corrected chi connectivity index (χ3v) is 23.8. The lowest BCUT2D eigenvalue weighted by molar-refractivity contribution is 0.303. The van der Waals surface area contributed by atoms with E-state index >= 15 is 0 Å². The molecule has 0 heteroatoms. The third-order valence-electron chi connectivity index (χ3n) is 23.8. The minimum Gasteiger partial charge on any atom is -0.0654 e. The average Bonchev–Trinajstić information content (AvgIpc) is 3.78. The van der Waals surface area contributed by atoms with Crippen molar-refractivity contribution in [1.82, 2.24) is 0 Å². The second-order valence-electron chi connectivity index (χ2n) is 30.2. The highest BCUT2D eigenvalue weighted by Gasteiger charge is 2.27. The Balaban J connectivity index is 0.000000145. The first-order chi connectivity index (χ1) is 42.7. The van der Waals surface area contributed by atoms with Crippen LogP contribution in [0.3, 0.4) is 0 Å². The molecule has 0 saturated heterocycles. The predicted octanol–water partition coefficient (Wildman–Crippen LogP) is 27.3. The van der Waals surface area contributed by atoms with E-state index < -0.39 is 0 Å². The molecule has 0 radical (unpaired) electrons. The van der Waals surface area contributed by atoms with Crippen LogP contribution in [0.4, 0.5) is 0 Å². The van der Waals surface area contributed by atoms with Crippen molar-refractivity contribution in [3.8, 4) is 33.4 Å². The molecule has 468 valence electrons. The Morgan fingerprint density at radius 1 is 0.207 bits per heavy atom. The van der Waals surface area contributed by atoms with E-state index in [9.17, 15) is 0 Å². The molecule has 0 nitrogen and oxygen atoms in total. The summed E-state index contributed by atoms with van der Waals surface area (Å²) in [7, 11) is 0. The van der Waals surface area contributed by atoms with Crippen LogP contribution in [0, 0.1) is 35.5 Å². The fourth-order valence-electron chi connectivity index (χ4n) is 17.4. The third kappa shape index (κ3) is 19.2. The van der Waals surface area contributed by atoms with E-state index in [0.717, 1.165) is 71.0 Å². The van der Waals surface area contributed by atoms with E-state index in [-0.39, 0.29) is 0 Å². The summed E-state index contributed by atoms with van der Waals surface area (Å²) in [5, 5.41) is 0. The smallest absolute Gasteiger partial charge is 0.0162 e. The van der Waals surface area contributed by atoms with Gasteiger partial charge < -0.3 is 0 Å². The molecule has 0 aromatic heterocycles. The van der Waals surface area contributed by atoms with Crippen LogP contribution in [0.25, 0.3) is 33.4 Å². The monoisotopic (exact) mass is 1160 g/mol. The van der Waals surface area contributed by atoms with Crippen LogP contribution in [0.5, 0.6) is 0 Å². The lowest BCUT2D eigenvalue weighted by atomic mass is 9.77. The van der Waals surface area contributed by atoms with E-state index in [1.54, 1.807) is 33.4 Å². The molecular weight excluding hydrogens is 1040 g/mol. The summed E-state index contributed by atoms with van der Waals surface area (Å²) in [5.74, 6) is 10.5. The summed E-state index contributed by atoms with van der Waals surface area (Å²) in [6, 6.07) is 57.0. The summed E-state index contributed by atoms with van der Waals surface area (Å²) in [4.78, 5) is 0. The molecule has 6 aliphatic rings. The average molecular weight is 1170 g/mol. The molecule has 87 heavy (non-hydrogen) atoms. The van der Waals surface area contributed by atoms with Gasteiger partial charge in [-0.2, -0.15) is 0 Å². The second kappa shape index (κ2) is 33.9. The molecule has 0 amide bonds. The van der Waals surface area contributed by atoms with Crippen molar-refractivity contribution in [2.24, 2.45) is 35.5 Å². The van der Waals surface area contributed by atoms with Crippen molar-refractivity contribution >= 4 is 0 Å². The molecule has 0 bridgehead atoms. The number of benzene rings is 6.